The molecule has 5 nitrogen and oxygen atoms in total. The zero-order valence-corrected chi connectivity index (χ0v) is 14.7. The first kappa shape index (κ1) is 17.8. The van der Waals surface area contributed by atoms with E-state index in [1.807, 2.05) is 6.92 Å². The van der Waals surface area contributed by atoms with Crippen molar-refractivity contribution in [1.82, 2.24) is 9.55 Å². The lowest BCUT2D eigenvalue weighted by atomic mass is 10.2. The van der Waals surface area contributed by atoms with Crippen molar-refractivity contribution in [1.29, 1.82) is 5.26 Å². The van der Waals surface area contributed by atoms with Crippen molar-refractivity contribution < 1.29 is 4.74 Å². The average molecular weight is 352 g/mol. The number of hydrogen-bond donors (Lipinski definition) is 0. The van der Waals surface area contributed by atoms with Crippen LogP contribution in [0, 0.1) is 11.3 Å². The Morgan fingerprint density at radius 2 is 2.30 bits per heavy atom. The van der Waals surface area contributed by atoms with Gasteiger partial charge in [0.15, 0.2) is 5.16 Å². The first-order chi connectivity index (χ1) is 11.1. The van der Waals surface area contributed by atoms with Gasteiger partial charge in [0, 0.05) is 24.8 Å². The molecule has 1 aromatic carbocycles. The standard InChI is InChI=1S/C16H18ClN3O2S/c1-3-22-8-4-7-20-15(21)13-6-5-12(17)9-14(13)19-16(20)23-11(2)10-18/h5-6,9,11H,3-4,7-8H2,1-2H3/t11-/m1/s1. The number of rotatable bonds is 7. The second-order valence-corrected chi connectivity index (χ2v) is 6.70. The van der Waals surface area contributed by atoms with Crippen molar-refractivity contribution in [2.24, 2.45) is 0 Å². The Bertz CT molecular complexity index is 785. The number of aromatic nitrogens is 2. The third-order valence-electron chi connectivity index (χ3n) is 3.22. The van der Waals surface area contributed by atoms with Crippen LogP contribution in [0.5, 0.6) is 0 Å². The van der Waals surface area contributed by atoms with Crippen LogP contribution in [0.15, 0.2) is 28.2 Å². The molecule has 0 aliphatic carbocycles. The van der Waals surface area contributed by atoms with E-state index in [0.717, 1.165) is 0 Å². The first-order valence-electron chi connectivity index (χ1n) is 7.41. The van der Waals surface area contributed by atoms with Gasteiger partial charge >= 0.3 is 0 Å². The zero-order valence-electron chi connectivity index (χ0n) is 13.1. The third kappa shape index (κ3) is 4.47. The predicted molar refractivity (Wildman–Crippen MR) is 93.1 cm³/mol. The van der Waals surface area contributed by atoms with Crippen molar-refractivity contribution in [3.05, 3.63) is 33.6 Å². The van der Waals surface area contributed by atoms with Crippen molar-refractivity contribution in [3.63, 3.8) is 0 Å². The Morgan fingerprint density at radius 3 is 3.00 bits per heavy atom. The molecule has 0 aliphatic heterocycles. The molecule has 23 heavy (non-hydrogen) atoms. The monoisotopic (exact) mass is 351 g/mol. The van der Waals surface area contributed by atoms with E-state index in [2.05, 4.69) is 11.1 Å². The van der Waals surface area contributed by atoms with E-state index >= 15 is 0 Å². The molecule has 0 spiro atoms. The van der Waals surface area contributed by atoms with Gasteiger partial charge in [0.05, 0.1) is 22.2 Å². The molecule has 0 radical (unpaired) electrons. The van der Waals surface area contributed by atoms with Gasteiger partial charge in [-0.05, 0) is 38.5 Å². The van der Waals surface area contributed by atoms with Crippen LogP contribution in [0.4, 0.5) is 0 Å². The van der Waals surface area contributed by atoms with Crippen LogP contribution in [0.2, 0.25) is 5.02 Å². The van der Waals surface area contributed by atoms with E-state index in [1.54, 1.807) is 29.7 Å². The van der Waals surface area contributed by atoms with Crippen LogP contribution in [-0.2, 0) is 11.3 Å². The molecule has 0 aliphatic rings. The summed E-state index contributed by atoms with van der Waals surface area (Å²) in [6.07, 6.45) is 0.711. The van der Waals surface area contributed by atoms with Gasteiger partial charge in [-0.15, -0.1) is 0 Å². The van der Waals surface area contributed by atoms with Gasteiger partial charge in [-0.2, -0.15) is 5.26 Å². The largest absolute Gasteiger partial charge is 0.382 e. The second-order valence-electron chi connectivity index (χ2n) is 4.95. The zero-order chi connectivity index (χ0) is 16.8. The molecule has 2 rings (SSSR count). The van der Waals surface area contributed by atoms with Crippen molar-refractivity contribution in [2.45, 2.75) is 37.2 Å². The highest BCUT2D eigenvalue weighted by Gasteiger charge is 2.14. The smallest absolute Gasteiger partial charge is 0.262 e. The summed E-state index contributed by atoms with van der Waals surface area (Å²) in [6, 6.07) is 7.19. The molecule has 1 atom stereocenters. The van der Waals surface area contributed by atoms with Crippen LogP contribution in [0.1, 0.15) is 20.3 Å². The molecule has 0 N–H and O–H groups in total. The molecule has 0 fully saturated rings. The molecule has 122 valence electrons. The summed E-state index contributed by atoms with van der Waals surface area (Å²) in [5.74, 6) is 0. The highest BCUT2D eigenvalue weighted by Crippen LogP contribution is 2.23. The summed E-state index contributed by atoms with van der Waals surface area (Å²) >= 11 is 7.27. The van der Waals surface area contributed by atoms with Crippen LogP contribution < -0.4 is 5.56 Å². The van der Waals surface area contributed by atoms with Crippen LogP contribution >= 0.6 is 23.4 Å². The SMILES string of the molecule is CCOCCCn1c(S[C@H](C)C#N)nc2cc(Cl)ccc2c1=O. The van der Waals surface area contributed by atoms with E-state index in [9.17, 15) is 4.79 Å². The Morgan fingerprint density at radius 1 is 1.52 bits per heavy atom. The molecule has 0 saturated carbocycles. The van der Waals surface area contributed by atoms with Gasteiger partial charge in [0.1, 0.15) is 0 Å². The minimum absolute atomic E-state index is 0.115. The highest BCUT2D eigenvalue weighted by molar-refractivity contribution is 8.00. The molecule has 0 amide bonds. The summed E-state index contributed by atoms with van der Waals surface area (Å²) < 4.78 is 6.95. The number of fused-ring (bicyclic) bond motifs is 1. The van der Waals surface area contributed by atoms with Gasteiger partial charge in [-0.1, -0.05) is 23.4 Å². The quantitative estimate of drug-likeness (QED) is 0.434. The number of halogens is 1. The Labute approximate surface area is 144 Å². The molecule has 2 aromatic rings. The molecule has 0 unspecified atom stereocenters. The van der Waals surface area contributed by atoms with E-state index in [0.29, 0.717) is 47.3 Å². The molecular formula is C16H18ClN3O2S. The van der Waals surface area contributed by atoms with Crippen molar-refractivity contribution in [3.8, 4) is 6.07 Å². The number of hydrogen-bond acceptors (Lipinski definition) is 5. The maximum Gasteiger partial charge on any atom is 0.262 e. The second kappa shape index (κ2) is 8.34. The van der Waals surface area contributed by atoms with E-state index < -0.39 is 0 Å². The lowest BCUT2D eigenvalue weighted by Crippen LogP contribution is -2.24. The summed E-state index contributed by atoms with van der Waals surface area (Å²) in [4.78, 5) is 17.3. The minimum Gasteiger partial charge on any atom is -0.382 e. The summed E-state index contributed by atoms with van der Waals surface area (Å²) in [6.45, 7) is 5.45. The van der Waals surface area contributed by atoms with Gasteiger partial charge in [-0.25, -0.2) is 4.98 Å². The van der Waals surface area contributed by atoms with Gasteiger partial charge < -0.3 is 4.74 Å². The number of nitriles is 1. The van der Waals surface area contributed by atoms with Crippen LogP contribution in [-0.4, -0.2) is 28.0 Å². The lowest BCUT2D eigenvalue weighted by molar-refractivity contribution is 0.140. The molecule has 0 saturated heterocycles. The summed E-state index contributed by atoms with van der Waals surface area (Å²) in [5.41, 5.74) is 0.437. The maximum absolute atomic E-state index is 12.7. The van der Waals surface area contributed by atoms with Gasteiger partial charge in [-0.3, -0.25) is 9.36 Å². The fourth-order valence-corrected chi connectivity index (χ4v) is 3.10. The van der Waals surface area contributed by atoms with Crippen molar-refractivity contribution in [2.75, 3.05) is 13.2 Å². The topological polar surface area (TPSA) is 67.9 Å². The number of thioether (sulfide) groups is 1. The lowest BCUT2D eigenvalue weighted by Gasteiger charge is -2.14. The summed E-state index contributed by atoms with van der Waals surface area (Å²) in [7, 11) is 0. The fraction of sp³-hybridized carbons (Fsp3) is 0.438. The molecule has 1 aromatic heterocycles. The third-order valence-corrected chi connectivity index (χ3v) is 4.44. The average Bonchev–Trinajstić information content (AvgIpc) is 2.53. The van der Waals surface area contributed by atoms with Crippen LogP contribution in [0.3, 0.4) is 0 Å². The number of benzene rings is 1. The number of nitrogens with zero attached hydrogens (tertiary/aromatic N) is 3. The Hall–Kier alpha value is -1.55. The van der Waals surface area contributed by atoms with E-state index in [4.69, 9.17) is 21.6 Å². The fourth-order valence-electron chi connectivity index (χ4n) is 2.11. The van der Waals surface area contributed by atoms with Crippen molar-refractivity contribution >= 4 is 34.3 Å². The first-order valence-corrected chi connectivity index (χ1v) is 8.66. The predicted octanol–water partition coefficient (Wildman–Crippen LogP) is 3.48. The molecule has 0 bridgehead atoms. The Kier molecular flexibility index (Phi) is 6.46. The Balaban J connectivity index is 2.45. The van der Waals surface area contributed by atoms with E-state index in [1.165, 1.54) is 11.8 Å². The maximum atomic E-state index is 12.7. The molecular weight excluding hydrogens is 334 g/mol. The van der Waals surface area contributed by atoms with Gasteiger partial charge in [0.2, 0.25) is 0 Å². The normalized spacial score (nSPS) is 12.3. The minimum atomic E-state index is -0.295. The van der Waals surface area contributed by atoms with Crippen LogP contribution in [0.25, 0.3) is 10.9 Å². The van der Waals surface area contributed by atoms with Gasteiger partial charge in [0.25, 0.3) is 5.56 Å². The highest BCUT2D eigenvalue weighted by atomic mass is 35.5. The summed E-state index contributed by atoms with van der Waals surface area (Å²) in [5, 5.41) is 10.3. The molecule has 7 heteroatoms. The number of ether oxygens (including phenoxy) is 1. The van der Waals surface area contributed by atoms with E-state index in [-0.39, 0.29) is 10.8 Å². The molecule has 1 heterocycles.